The van der Waals surface area contributed by atoms with E-state index in [1.54, 1.807) is 0 Å². The number of hydrogen-bond acceptors (Lipinski definition) is 6. The van der Waals surface area contributed by atoms with Gasteiger partial charge in [0.1, 0.15) is 11.4 Å². The predicted octanol–water partition coefficient (Wildman–Crippen LogP) is 12.4. The van der Waals surface area contributed by atoms with Crippen LogP contribution in [0.4, 0.5) is 11.4 Å². The number of anilines is 2. The lowest BCUT2D eigenvalue weighted by Crippen LogP contribution is -2.53. The van der Waals surface area contributed by atoms with Crippen LogP contribution >= 0.6 is 0 Å². The first-order valence-electron chi connectivity index (χ1n) is 20.3. The topological polar surface area (TPSA) is 57.0 Å². The average Bonchev–Trinajstić information content (AvgIpc) is 3.55. The number of pyridine rings is 2. The molecule has 0 radical (unpaired) electrons. The number of amidine groups is 2. The zero-order valence-corrected chi connectivity index (χ0v) is 34.5. The predicted molar refractivity (Wildman–Crippen MR) is 244 cm³/mol. The van der Waals surface area contributed by atoms with Crippen LogP contribution in [-0.4, -0.2) is 43.8 Å². The fourth-order valence-electron chi connectivity index (χ4n) is 9.04. The molecule has 0 aliphatic carbocycles. The van der Waals surface area contributed by atoms with Crippen LogP contribution in [-0.2, 0) is 0 Å². The number of aliphatic imine (C=N–C) groups is 2. The Bertz CT molecular complexity index is 2720. The Morgan fingerprint density at radius 2 is 0.776 bits per heavy atom. The normalized spacial score (nSPS) is 18.0. The molecule has 0 fully saturated rings. The molecule has 0 spiro atoms. The highest BCUT2D eigenvalue weighted by Crippen LogP contribution is 2.45. The maximum Gasteiger partial charge on any atom is 0.155 e. The van der Waals surface area contributed by atoms with Crippen molar-refractivity contribution in [2.75, 3.05) is 9.80 Å². The monoisotopic (exact) mass is 756 g/mol. The lowest BCUT2D eigenvalue weighted by Gasteiger charge is -2.41. The van der Waals surface area contributed by atoms with E-state index in [9.17, 15) is 0 Å². The molecule has 6 heteroatoms. The van der Waals surface area contributed by atoms with Crippen molar-refractivity contribution in [2.45, 2.75) is 77.5 Å². The zero-order chi connectivity index (χ0) is 40.2. The van der Waals surface area contributed by atoms with Crippen LogP contribution < -0.4 is 9.80 Å². The number of nitrogens with zero attached hydrogens (tertiary/aromatic N) is 6. The van der Waals surface area contributed by atoms with Gasteiger partial charge in [0.2, 0.25) is 0 Å². The third-order valence-corrected chi connectivity index (χ3v) is 13.6. The summed E-state index contributed by atoms with van der Waals surface area (Å²) in [6, 6.07) is 47.8. The second kappa shape index (κ2) is 12.5. The number of hydrogen-bond donors (Lipinski definition) is 0. The number of benzene rings is 6. The van der Waals surface area contributed by atoms with Crippen LogP contribution in [0.3, 0.4) is 0 Å². The largest absolute Gasteiger partial charge is 0.317 e. The molecule has 58 heavy (non-hydrogen) atoms. The van der Waals surface area contributed by atoms with Crippen LogP contribution in [0.5, 0.6) is 0 Å². The van der Waals surface area contributed by atoms with Crippen molar-refractivity contribution in [3.05, 3.63) is 157 Å². The fourth-order valence-corrected chi connectivity index (χ4v) is 9.04. The molecule has 2 aliphatic rings. The highest BCUT2D eigenvalue weighted by molar-refractivity contribution is 6.27. The maximum atomic E-state index is 5.26. The van der Waals surface area contributed by atoms with Crippen LogP contribution in [0, 0.1) is 0 Å². The summed E-state index contributed by atoms with van der Waals surface area (Å²) in [5, 5.41) is 7.41. The standard InChI is InChI=1S/C52H48N6/c1-49(2)51(5,6)57(37-15-11-9-12-16-37)47(55-49)43-29-23-35(31-53-43)39-25-19-33-22-28-42-40(26-20-34-21-27-41(39)45(33)46(34)42)36-24-30-44(54-32-36)48-56-50(3,4)52(7,8)58(48)38-17-13-10-14-18-38/h9-32H,1-8H3. The van der Waals surface area contributed by atoms with Crippen molar-refractivity contribution in [1.82, 2.24) is 9.97 Å². The summed E-state index contributed by atoms with van der Waals surface area (Å²) < 4.78 is 0. The average molecular weight is 757 g/mol. The first-order valence-corrected chi connectivity index (χ1v) is 20.3. The molecular weight excluding hydrogens is 709 g/mol. The van der Waals surface area contributed by atoms with Crippen LogP contribution in [0.2, 0.25) is 0 Å². The Morgan fingerprint density at radius 3 is 1.14 bits per heavy atom. The summed E-state index contributed by atoms with van der Waals surface area (Å²) in [4.78, 5) is 25.4. The molecule has 0 saturated heterocycles. The van der Waals surface area contributed by atoms with Crippen molar-refractivity contribution < 1.29 is 0 Å². The van der Waals surface area contributed by atoms with E-state index in [1.807, 2.05) is 12.4 Å². The molecule has 10 rings (SSSR count). The molecular formula is C52H48N6. The highest BCUT2D eigenvalue weighted by atomic mass is 15.4. The minimum Gasteiger partial charge on any atom is -0.317 e. The third-order valence-electron chi connectivity index (χ3n) is 13.6. The minimum absolute atomic E-state index is 0.240. The lowest BCUT2D eigenvalue weighted by atomic mass is 9.83. The first-order chi connectivity index (χ1) is 27.8. The Labute approximate surface area is 341 Å². The van der Waals surface area contributed by atoms with Gasteiger partial charge in [0.15, 0.2) is 11.7 Å². The lowest BCUT2D eigenvalue weighted by molar-refractivity contribution is 0.338. The van der Waals surface area contributed by atoms with Crippen LogP contribution in [0.25, 0.3) is 54.6 Å². The molecule has 0 saturated carbocycles. The van der Waals surface area contributed by atoms with E-state index in [2.05, 4.69) is 199 Å². The van der Waals surface area contributed by atoms with Gasteiger partial charge >= 0.3 is 0 Å². The molecule has 2 aliphatic heterocycles. The summed E-state index contributed by atoms with van der Waals surface area (Å²) in [5.41, 5.74) is 7.38. The van der Waals surface area contributed by atoms with E-state index in [1.165, 1.54) is 32.3 Å². The number of para-hydroxylation sites is 2. The molecule has 0 atom stereocenters. The van der Waals surface area contributed by atoms with Crippen molar-refractivity contribution in [3.8, 4) is 22.3 Å². The van der Waals surface area contributed by atoms with Gasteiger partial charge in [-0.15, -0.1) is 0 Å². The van der Waals surface area contributed by atoms with E-state index < -0.39 is 0 Å². The molecule has 0 amide bonds. The van der Waals surface area contributed by atoms with Gasteiger partial charge in [-0.3, -0.25) is 20.0 Å². The molecule has 0 unspecified atom stereocenters. The summed E-state index contributed by atoms with van der Waals surface area (Å²) in [6.07, 6.45) is 4.03. The van der Waals surface area contributed by atoms with Gasteiger partial charge in [-0.25, -0.2) is 0 Å². The van der Waals surface area contributed by atoms with Gasteiger partial charge in [-0.2, -0.15) is 0 Å². The van der Waals surface area contributed by atoms with Gasteiger partial charge in [-0.05, 0) is 135 Å². The Morgan fingerprint density at radius 1 is 0.397 bits per heavy atom. The maximum absolute atomic E-state index is 5.26. The van der Waals surface area contributed by atoms with Gasteiger partial charge in [0.05, 0.1) is 22.2 Å². The summed E-state index contributed by atoms with van der Waals surface area (Å²) in [5.74, 6) is 1.80. The van der Waals surface area contributed by atoms with E-state index in [-0.39, 0.29) is 22.2 Å². The van der Waals surface area contributed by atoms with Crippen LogP contribution in [0.15, 0.2) is 156 Å². The molecule has 6 aromatic carbocycles. The number of rotatable bonds is 6. The highest BCUT2D eigenvalue weighted by Gasteiger charge is 2.51. The Kier molecular flexibility index (Phi) is 7.78. The second-order valence-corrected chi connectivity index (χ2v) is 18.0. The summed E-state index contributed by atoms with van der Waals surface area (Å²) in [7, 11) is 0. The molecule has 4 heterocycles. The van der Waals surface area contributed by atoms with Crippen molar-refractivity contribution in [3.63, 3.8) is 0 Å². The SMILES string of the molecule is CC1(C)N=C(c2ccc(-c3ccc4ccc5c(-c6ccc(C7=NC(C)(C)C(C)(C)N7c7ccccc7)nc6)ccc6ccc3c4c65)cn2)N(c2ccccc2)C1(C)C. The van der Waals surface area contributed by atoms with Gasteiger partial charge in [0, 0.05) is 34.9 Å². The first kappa shape index (κ1) is 36.0. The van der Waals surface area contributed by atoms with E-state index in [0.29, 0.717) is 0 Å². The minimum atomic E-state index is -0.301. The Hall–Kier alpha value is -6.40. The molecule has 286 valence electrons. The Balaban J connectivity index is 1.03. The number of aromatic nitrogens is 2. The molecule has 6 nitrogen and oxygen atoms in total. The van der Waals surface area contributed by atoms with Crippen molar-refractivity contribution >= 4 is 55.4 Å². The molecule has 0 bridgehead atoms. The van der Waals surface area contributed by atoms with E-state index in [4.69, 9.17) is 20.0 Å². The summed E-state index contributed by atoms with van der Waals surface area (Å²) >= 11 is 0. The van der Waals surface area contributed by atoms with E-state index in [0.717, 1.165) is 56.7 Å². The zero-order valence-electron chi connectivity index (χ0n) is 34.5. The third kappa shape index (κ3) is 5.23. The fraction of sp³-hybridized carbons (Fsp3) is 0.231. The van der Waals surface area contributed by atoms with Crippen molar-refractivity contribution in [2.24, 2.45) is 9.98 Å². The quantitative estimate of drug-likeness (QED) is 0.159. The summed E-state index contributed by atoms with van der Waals surface area (Å²) in [6.45, 7) is 17.9. The van der Waals surface area contributed by atoms with Gasteiger partial charge in [-0.1, -0.05) is 97.1 Å². The molecule has 0 N–H and O–H groups in total. The van der Waals surface area contributed by atoms with Crippen molar-refractivity contribution in [1.29, 1.82) is 0 Å². The smallest absolute Gasteiger partial charge is 0.155 e. The molecule has 2 aromatic heterocycles. The van der Waals surface area contributed by atoms with Gasteiger partial charge in [0.25, 0.3) is 0 Å². The van der Waals surface area contributed by atoms with E-state index >= 15 is 0 Å². The second-order valence-electron chi connectivity index (χ2n) is 18.0. The van der Waals surface area contributed by atoms with Gasteiger partial charge < -0.3 is 9.80 Å². The molecule has 8 aromatic rings. The van der Waals surface area contributed by atoms with Crippen LogP contribution in [0.1, 0.15) is 66.8 Å².